The Morgan fingerprint density at radius 2 is 1.52 bits per heavy atom. The molecule has 290 valence electrons. The van der Waals surface area contributed by atoms with E-state index in [1.54, 1.807) is 5.57 Å². The van der Waals surface area contributed by atoms with Gasteiger partial charge in [-0.25, -0.2) is 0 Å². The molecule has 3 fully saturated rings. The number of unbranched alkanes of at least 4 members (excludes halogenated alkanes) is 6. The molecule has 3 saturated carbocycles. The summed E-state index contributed by atoms with van der Waals surface area (Å²) in [6, 6.07) is 0. The van der Waals surface area contributed by atoms with Crippen LogP contribution >= 0.6 is 0 Å². The summed E-state index contributed by atoms with van der Waals surface area (Å²) in [7, 11) is 0. The Labute approximate surface area is 309 Å². The summed E-state index contributed by atoms with van der Waals surface area (Å²) in [5.74, 6) is 4.28. The van der Waals surface area contributed by atoms with E-state index in [0.717, 1.165) is 87.6 Å². The Morgan fingerprint density at radius 3 is 2.24 bits per heavy atom. The first kappa shape index (κ1) is 43.0. The fraction of sp³-hybridized carbons (Fsp3) is 0.909. The van der Waals surface area contributed by atoms with Gasteiger partial charge in [-0.05, 0) is 131 Å². The second-order valence-electron chi connectivity index (χ2n) is 17.4. The minimum atomic E-state index is -0.129. The molecule has 0 saturated heterocycles. The topological polar surface area (TPSA) is 98.7 Å². The predicted octanol–water partition coefficient (Wildman–Crippen LogP) is 10.4. The van der Waals surface area contributed by atoms with Gasteiger partial charge in [-0.15, -0.1) is 0 Å². The lowest BCUT2D eigenvalue weighted by atomic mass is 9.47. The van der Waals surface area contributed by atoms with Crippen molar-refractivity contribution in [2.75, 3.05) is 26.2 Å². The van der Waals surface area contributed by atoms with Crippen molar-refractivity contribution in [2.45, 2.75) is 189 Å². The molecule has 4 rings (SSSR count). The lowest BCUT2D eigenvalue weighted by molar-refractivity contribution is -0.151. The van der Waals surface area contributed by atoms with Gasteiger partial charge in [0, 0.05) is 32.4 Å². The molecule has 0 aromatic carbocycles. The van der Waals surface area contributed by atoms with Gasteiger partial charge in [-0.1, -0.05) is 98.1 Å². The third kappa shape index (κ3) is 11.8. The second-order valence-corrected chi connectivity index (χ2v) is 17.4. The maximum atomic E-state index is 13.0. The smallest absolute Gasteiger partial charge is 0.306 e. The number of carbonyl (C=O) groups is 2. The van der Waals surface area contributed by atoms with Crippen LogP contribution in [0.3, 0.4) is 0 Å². The van der Waals surface area contributed by atoms with E-state index in [1.165, 1.54) is 77.0 Å². The third-order valence-electron chi connectivity index (χ3n) is 13.8. The van der Waals surface area contributed by atoms with E-state index in [-0.39, 0.29) is 23.4 Å². The number of hydrogen-bond donors (Lipinski definition) is 2. The number of amides is 1. The SMILES string of the molecule is CC.CC(C)CCCCC1CCC2C3CC=C4CC(OC(=O)CCCC(=O)N(CCCN)CCCCCCCCN)CCC4(C)C3CCC12C. The number of ether oxygens (including phenoxy) is 1. The average Bonchev–Trinajstić information content (AvgIpc) is 3.44. The molecule has 6 nitrogen and oxygen atoms in total. The summed E-state index contributed by atoms with van der Waals surface area (Å²) in [5, 5.41) is 0. The molecule has 7 atom stereocenters. The molecule has 0 bridgehead atoms. The van der Waals surface area contributed by atoms with E-state index < -0.39 is 0 Å². The van der Waals surface area contributed by atoms with E-state index in [0.29, 0.717) is 37.8 Å². The van der Waals surface area contributed by atoms with Crippen molar-refractivity contribution in [3.05, 3.63) is 11.6 Å². The summed E-state index contributed by atoms with van der Waals surface area (Å²) >= 11 is 0. The van der Waals surface area contributed by atoms with Gasteiger partial charge in [0.25, 0.3) is 0 Å². The molecule has 7 unspecified atom stereocenters. The summed E-state index contributed by atoms with van der Waals surface area (Å²) in [5.41, 5.74) is 13.7. The van der Waals surface area contributed by atoms with Gasteiger partial charge in [0.2, 0.25) is 5.91 Å². The number of nitrogens with zero attached hydrogens (tertiary/aromatic N) is 1. The number of nitrogens with two attached hydrogens (primary N) is 2. The fourth-order valence-electron chi connectivity index (χ4n) is 10.8. The molecule has 0 heterocycles. The molecule has 0 spiro atoms. The molecular weight excluding hydrogens is 619 g/mol. The van der Waals surface area contributed by atoms with Crippen LogP contribution in [0.15, 0.2) is 11.6 Å². The zero-order chi connectivity index (χ0) is 36.6. The normalized spacial score (nSPS) is 30.0. The van der Waals surface area contributed by atoms with Crippen molar-refractivity contribution in [2.24, 2.45) is 51.9 Å². The zero-order valence-electron chi connectivity index (χ0n) is 33.8. The molecule has 6 heteroatoms. The highest BCUT2D eigenvalue weighted by atomic mass is 16.5. The largest absolute Gasteiger partial charge is 0.462 e. The van der Waals surface area contributed by atoms with Crippen LogP contribution in [0.2, 0.25) is 0 Å². The summed E-state index contributed by atoms with van der Waals surface area (Å²) in [4.78, 5) is 28.0. The van der Waals surface area contributed by atoms with Gasteiger partial charge in [0.05, 0.1) is 0 Å². The van der Waals surface area contributed by atoms with Crippen LogP contribution in [-0.2, 0) is 14.3 Å². The van der Waals surface area contributed by atoms with Crippen LogP contribution in [0.25, 0.3) is 0 Å². The first-order valence-electron chi connectivity index (χ1n) is 21.7. The zero-order valence-corrected chi connectivity index (χ0v) is 33.8. The summed E-state index contributed by atoms with van der Waals surface area (Å²) < 4.78 is 6.08. The molecule has 50 heavy (non-hydrogen) atoms. The van der Waals surface area contributed by atoms with Crippen molar-refractivity contribution >= 4 is 11.9 Å². The third-order valence-corrected chi connectivity index (χ3v) is 13.8. The van der Waals surface area contributed by atoms with E-state index >= 15 is 0 Å². The molecule has 4 N–H and O–H groups in total. The maximum Gasteiger partial charge on any atom is 0.306 e. The number of esters is 1. The second kappa shape index (κ2) is 22.0. The Hall–Kier alpha value is -1.40. The Morgan fingerprint density at radius 1 is 0.820 bits per heavy atom. The molecule has 4 aliphatic rings. The average molecular weight is 700 g/mol. The van der Waals surface area contributed by atoms with Crippen LogP contribution in [0.5, 0.6) is 0 Å². The highest BCUT2D eigenvalue weighted by molar-refractivity contribution is 5.77. The monoisotopic (exact) mass is 700 g/mol. The number of carbonyl (C=O) groups excluding carboxylic acids is 2. The van der Waals surface area contributed by atoms with Gasteiger partial charge in [0.15, 0.2) is 0 Å². The predicted molar refractivity (Wildman–Crippen MR) is 211 cm³/mol. The number of hydrogen-bond acceptors (Lipinski definition) is 5. The highest BCUT2D eigenvalue weighted by Crippen LogP contribution is 2.66. The lowest BCUT2D eigenvalue weighted by Gasteiger charge is -2.58. The van der Waals surface area contributed by atoms with Crippen molar-refractivity contribution in [1.29, 1.82) is 0 Å². The summed E-state index contributed by atoms with van der Waals surface area (Å²) in [6.07, 6.45) is 27.1. The number of fused-ring (bicyclic) bond motifs is 5. The van der Waals surface area contributed by atoms with Crippen molar-refractivity contribution in [3.8, 4) is 0 Å². The van der Waals surface area contributed by atoms with E-state index in [9.17, 15) is 9.59 Å². The van der Waals surface area contributed by atoms with Gasteiger partial charge in [-0.2, -0.15) is 0 Å². The molecule has 4 aliphatic carbocycles. The van der Waals surface area contributed by atoms with E-state index in [4.69, 9.17) is 16.2 Å². The van der Waals surface area contributed by atoms with Crippen LogP contribution in [0.1, 0.15) is 183 Å². The Kier molecular flexibility index (Phi) is 18.9. The lowest BCUT2D eigenvalue weighted by Crippen LogP contribution is -2.50. The van der Waals surface area contributed by atoms with Gasteiger partial charge in [0.1, 0.15) is 6.10 Å². The molecule has 1 amide bonds. The number of allylic oxidation sites excluding steroid dienone is 1. The van der Waals surface area contributed by atoms with Gasteiger partial charge in [-0.3, -0.25) is 9.59 Å². The Bertz CT molecular complexity index is 1030. The van der Waals surface area contributed by atoms with Crippen molar-refractivity contribution in [3.63, 3.8) is 0 Å². The molecule has 0 aromatic heterocycles. The quantitative estimate of drug-likeness (QED) is 0.0706. The molecular formula is C44H81N3O3. The minimum absolute atomic E-state index is 0.00876. The molecule has 0 aliphatic heterocycles. The van der Waals surface area contributed by atoms with Crippen LogP contribution in [-0.4, -0.2) is 49.1 Å². The Balaban J connectivity index is 0.00000332. The van der Waals surface area contributed by atoms with Crippen molar-refractivity contribution in [1.82, 2.24) is 4.90 Å². The van der Waals surface area contributed by atoms with Gasteiger partial charge >= 0.3 is 5.97 Å². The van der Waals surface area contributed by atoms with E-state index in [1.807, 2.05) is 18.7 Å². The van der Waals surface area contributed by atoms with Crippen LogP contribution < -0.4 is 11.5 Å². The van der Waals surface area contributed by atoms with Crippen LogP contribution in [0, 0.1) is 40.4 Å². The van der Waals surface area contributed by atoms with E-state index in [2.05, 4.69) is 33.8 Å². The number of rotatable bonds is 21. The van der Waals surface area contributed by atoms with Crippen LogP contribution in [0.4, 0.5) is 0 Å². The maximum absolute atomic E-state index is 13.0. The first-order chi connectivity index (χ1) is 24.1. The summed E-state index contributed by atoms with van der Waals surface area (Å²) in [6.45, 7) is 16.8. The van der Waals surface area contributed by atoms with Gasteiger partial charge < -0.3 is 21.1 Å². The standard InChI is InChI=1S/C42H75N3O3.C2H6/c1-32(2)15-9-10-16-33-20-22-37-36-21-19-34-31-35(23-25-42(34,4)38(36)24-26-41(33,37)3)48-40(47)18-13-17-39(46)45(30-14-28-44)29-12-8-6-5-7-11-27-43;1-2/h19,32-33,35-38H,5-18,20-31,43-44H2,1-4H3;1-2H3. The molecule has 0 radical (unpaired) electrons. The highest BCUT2D eigenvalue weighted by Gasteiger charge is 2.58. The first-order valence-corrected chi connectivity index (χ1v) is 21.7. The molecule has 0 aromatic rings. The minimum Gasteiger partial charge on any atom is -0.462 e. The fourth-order valence-corrected chi connectivity index (χ4v) is 10.8. The van der Waals surface area contributed by atoms with Crippen molar-refractivity contribution < 1.29 is 14.3 Å².